The summed E-state index contributed by atoms with van der Waals surface area (Å²) in [7, 11) is 1.63. The van der Waals surface area contributed by atoms with Gasteiger partial charge in [-0.2, -0.15) is 5.10 Å². The first-order valence-electron chi connectivity index (χ1n) is 8.51. The molecule has 1 aliphatic rings. The molecule has 0 saturated heterocycles. The fourth-order valence-electron chi connectivity index (χ4n) is 3.15. The van der Waals surface area contributed by atoms with Crippen molar-refractivity contribution in [2.45, 2.75) is 12.5 Å². The van der Waals surface area contributed by atoms with Crippen molar-refractivity contribution in [1.82, 2.24) is 5.01 Å². The fourth-order valence-corrected chi connectivity index (χ4v) is 3.46. The summed E-state index contributed by atoms with van der Waals surface area (Å²) in [5.41, 5.74) is 2.83. The summed E-state index contributed by atoms with van der Waals surface area (Å²) in [5.74, 6) is 0.709. The van der Waals surface area contributed by atoms with E-state index in [1.54, 1.807) is 19.2 Å². The third-order valence-corrected chi connectivity index (χ3v) is 4.91. The zero-order chi connectivity index (χ0) is 18.8. The van der Waals surface area contributed by atoms with Crippen LogP contribution in [0.5, 0.6) is 5.75 Å². The van der Waals surface area contributed by atoms with E-state index in [9.17, 15) is 4.79 Å². The van der Waals surface area contributed by atoms with Gasteiger partial charge in [0.2, 0.25) is 0 Å². The number of methoxy groups -OCH3 is 1. The van der Waals surface area contributed by atoms with Crippen molar-refractivity contribution in [2.75, 3.05) is 7.11 Å². The smallest absolute Gasteiger partial charge is 0.310 e. The lowest BCUT2D eigenvalue weighted by Gasteiger charge is -2.21. The number of furan rings is 1. The summed E-state index contributed by atoms with van der Waals surface area (Å²) < 4.78 is 11.3. The second-order valence-corrected chi connectivity index (χ2v) is 6.94. The third-order valence-electron chi connectivity index (χ3n) is 4.49. The first-order valence-corrected chi connectivity index (χ1v) is 9.31. The number of amides is 1. The van der Waals surface area contributed by atoms with Gasteiger partial charge in [0.25, 0.3) is 0 Å². The van der Waals surface area contributed by atoms with Crippen LogP contribution >= 0.6 is 15.9 Å². The van der Waals surface area contributed by atoms with Crippen LogP contribution in [0.25, 0.3) is 0 Å². The number of hydrogen-bond donors (Lipinski definition) is 0. The Balaban J connectivity index is 1.73. The molecule has 136 valence electrons. The van der Waals surface area contributed by atoms with Gasteiger partial charge in [-0.25, -0.2) is 5.01 Å². The zero-order valence-corrected chi connectivity index (χ0v) is 16.2. The van der Waals surface area contributed by atoms with Gasteiger partial charge in [-0.3, -0.25) is 4.79 Å². The van der Waals surface area contributed by atoms with Crippen molar-refractivity contribution < 1.29 is 13.9 Å². The minimum atomic E-state index is -0.278. The van der Waals surface area contributed by atoms with Crippen LogP contribution in [0.15, 0.2) is 80.9 Å². The average molecular weight is 425 g/mol. The lowest BCUT2D eigenvalue weighted by atomic mass is 9.98. The van der Waals surface area contributed by atoms with Crippen LogP contribution in [0.1, 0.15) is 34.1 Å². The monoisotopic (exact) mass is 424 g/mol. The van der Waals surface area contributed by atoms with E-state index in [1.807, 2.05) is 54.6 Å². The van der Waals surface area contributed by atoms with E-state index in [1.165, 1.54) is 5.01 Å². The van der Waals surface area contributed by atoms with Crippen molar-refractivity contribution in [2.24, 2.45) is 5.10 Å². The van der Waals surface area contributed by atoms with Crippen LogP contribution in [0, 0.1) is 0 Å². The van der Waals surface area contributed by atoms with Gasteiger partial charge in [0.1, 0.15) is 5.75 Å². The molecule has 3 aromatic rings. The summed E-state index contributed by atoms with van der Waals surface area (Å²) in [6.45, 7) is 0. The normalized spacial score (nSPS) is 16.3. The van der Waals surface area contributed by atoms with Crippen LogP contribution in [0.3, 0.4) is 0 Å². The van der Waals surface area contributed by atoms with Crippen LogP contribution < -0.4 is 4.74 Å². The molecule has 0 aliphatic carbocycles. The van der Waals surface area contributed by atoms with E-state index in [-0.39, 0.29) is 17.7 Å². The van der Waals surface area contributed by atoms with E-state index in [0.717, 1.165) is 22.6 Å². The van der Waals surface area contributed by atoms with Gasteiger partial charge in [-0.15, -0.1) is 0 Å². The number of carbonyl (C=O) groups is 1. The number of ether oxygens (including phenoxy) is 1. The molecule has 0 fully saturated rings. The predicted molar refractivity (Wildman–Crippen MR) is 106 cm³/mol. The van der Waals surface area contributed by atoms with Gasteiger partial charge in [-0.05, 0) is 51.3 Å². The minimum absolute atomic E-state index is 0.230. The maximum atomic E-state index is 13.0. The van der Waals surface area contributed by atoms with Crippen LogP contribution in [0.4, 0.5) is 0 Å². The number of halogens is 1. The van der Waals surface area contributed by atoms with Gasteiger partial charge in [0.15, 0.2) is 10.4 Å². The molecule has 0 saturated carbocycles. The molecular weight excluding hydrogens is 408 g/mol. The standard InChI is InChI=1S/C21H17BrN2O3/c1-26-16-9-5-8-15(12-16)18-13-17(14-6-3-2-4-7-14)23-24(18)21(25)19-10-11-20(22)27-19/h2-12,18H,13H2,1H3/t18-/m1/s1. The Morgan fingerprint density at radius 3 is 2.67 bits per heavy atom. The van der Waals surface area contributed by atoms with E-state index in [2.05, 4.69) is 21.0 Å². The second kappa shape index (κ2) is 7.40. The van der Waals surface area contributed by atoms with Gasteiger partial charge in [-0.1, -0.05) is 42.5 Å². The van der Waals surface area contributed by atoms with Gasteiger partial charge in [0.05, 0.1) is 18.9 Å². The number of carbonyl (C=O) groups excluding carboxylic acids is 1. The Labute approximate surface area is 165 Å². The summed E-state index contributed by atoms with van der Waals surface area (Å²) in [6.07, 6.45) is 0.616. The van der Waals surface area contributed by atoms with Crippen molar-refractivity contribution in [3.8, 4) is 5.75 Å². The Hall–Kier alpha value is -2.86. The SMILES string of the molecule is COc1cccc([C@H]2CC(c3ccccc3)=NN2C(=O)c2ccc(Br)o2)c1. The molecule has 0 unspecified atom stereocenters. The molecule has 4 rings (SSSR count). The molecule has 0 bridgehead atoms. The number of nitrogens with zero attached hydrogens (tertiary/aromatic N) is 2. The number of hydrazone groups is 1. The molecule has 1 atom stereocenters. The number of rotatable bonds is 4. The van der Waals surface area contributed by atoms with E-state index in [0.29, 0.717) is 11.1 Å². The molecule has 2 heterocycles. The Bertz CT molecular complexity index is 997. The third kappa shape index (κ3) is 3.53. The maximum absolute atomic E-state index is 13.0. The lowest BCUT2D eigenvalue weighted by Crippen LogP contribution is -2.26. The van der Waals surface area contributed by atoms with E-state index < -0.39 is 0 Å². The molecule has 1 aromatic heterocycles. The number of benzene rings is 2. The van der Waals surface area contributed by atoms with Gasteiger partial charge in [0, 0.05) is 6.42 Å². The molecule has 0 radical (unpaired) electrons. The molecule has 27 heavy (non-hydrogen) atoms. The lowest BCUT2D eigenvalue weighted by molar-refractivity contribution is 0.0677. The molecular formula is C21H17BrN2O3. The molecule has 5 nitrogen and oxygen atoms in total. The first-order chi connectivity index (χ1) is 13.2. The Morgan fingerprint density at radius 1 is 1.15 bits per heavy atom. The average Bonchev–Trinajstić information content (AvgIpc) is 3.35. The highest BCUT2D eigenvalue weighted by atomic mass is 79.9. The molecule has 0 spiro atoms. The molecule has 6 heteroatoms. The van der Waals surface area contributed by atoms with Crippen molar-refractivity contribution in [3.63, 3.8) is 0 Å². The summed E-state index contributed by atoms with van der Waals surface area (Å²) in [5, 5.41) is 6.14. The minimum Gasteiger partial charge on any atom is -0.497 e. The quantitative estimate of drug-likeness (QED) is 0.589. The number of hydrogen-bond acceptors (Lipinski definition) is 4. The van der Waals surface area contributed by atoms with E-state index >= 15 is 0 Å². The summed E-state index contributed by atoms with van der Waals surface area (Å²) >= 11 is 3.25. The van der Waals surface area contributed by atoms with Crippen LogP contribution in [-0.4, -0.2) is 23.7 Å². The Kier molecular flexibility index (Phi) is 4.81. The van der Waals surface area contributed by atoms with E-state index in [4.69, 9.17) is 9.15 Å². The van der Waals surface area contributed by atoms with Crippen molar-refractivity contribution in [3.05, 3.63) is 88.3 Å². The molecule has 1 aliphatic heterocycles. The van der Waals surface area contributed by atoms with Crippen LogP contribution in [0.2, 0.25) is 0 Å². The maximum Gasteiger partial charge on any atom is 0.310 e. The highest BCUT2D eigenvalue weighted by molar-refractivity contribution is 9.10. The molecule has 1 amide bonds. The Morgan fingerprint density at radius 2 is 1.96 bits per heavy atom. The topological polar surface area (TPSA) is 55.0 Å². The fraction of sp³-hybridized carbons (Fsp3) is 0.143. The second-order valence-electron chi connectivity index (χ2n) is 6.16. The molecule has 2 aromatic carbocycles. The highest BCUT2D eigenvalue weighted by Gasteiger charge is 2.35. The van der Waals surface area contributed by atoms with Gasteiger partial charge >= 0.3 is 5.91 Å². The van der Waals surface area contributed by atoms with Crippen molar-refractivity contribution >= 4 is 27.5 Å². The first kappa shape index (κ1) is 17.5. The summed E-state index contributed by atoms with van der Waals surface area (Å²) in [6, 6.07) is 20.7. The van der Waals surface area contributed by atoms with Crippen LogP contribution in [-0.2, 0) is 0 Å². The van der Waals surface area contributed by atoms with Crippen molar-refractivity contribution in [1.29, 1.82) is 0 Å². The highest BCUT2D eigenvalue weighted by Crippen LogP contribution is 2.35. The molecule has 0 N–H and O–H groups in total. The predicted octanol–water partition coefficient (Wildman–Crippen LogP) is 5.04. The summed E-state index contributed by atoms with van der Waals surface area (Å²) in [4.78, 5) is 13.0. The van der Waals surface area contributed by atoms with Gasteiger partial charge < -0.3 is 9.15 Å². The zero-order valence-electron chi connectivity index (χ0n) is 14.6. The largest absolute Gasteiger partial charge is 0.497 e.